The van der Waals surface area contributed by atoms with Gasteiger partial charge in [0.05, 0.1) is 11.4 Å². The Labute approximate surface area is 140 Å². The average molecular weight is 333 g/mol. The van der Waals surface area contributed by atoms with Crippen molar-refractivity contribution in [2.75, 3.05) is 18.5 Å². The molecule has 1 atom stereocenters. The number of aryl methyl sites for hydroxylation is 3. The molecule has 2 rings (SSSR count). The van der Waals surface area contributed by atoms with Crippen molar-refractivity contribution in [2.24, 2.45) is 5.92 Å². The maximum atomic E-state index is 12.1. The fraction of sp³-hybridized carbons (Fsp3) is 0.412. The van der Waals surface area contributed by atoms with Gasteiger partial charge in [-0.2, -0.15) is 0 Å². The number of rotatable bonds is 6. The van der Waals surface area contributed by atoms with E-state index in [4.69, 9.17) is 0 Å². The average Bonchev–Trinajstić information content (AvgIpc) is 3.00. The van der Waals surface area contributed by atoms with Crippen molar-refractivity contribution in [1.29, 1.82) is 0 Å². The molecule has 0 unspecified atom stereocenters. The summed E-state index contributed by atoms with van der Waals surface area (Å²) in [4.78, 5) is 17.7. The molecular weight excluding hydrogens is 310 g/mol. The smallest absolute Gasteiger partial charge is 0.319 e. The quantitative estimate of drug-likeness (QED) is 0.760. The van der Waals surface area contributed by atoms with Crippen molar-refractivity contribution >= 4 is 23.1 Å². The molecule has 0 aliphatic heterocycles. The van der Waals surface area contributed by atoms with Crippen LogP contribution in [0, 0.1) is 26.7 Å². The molecule has 0 saturated carbocycles. The van der Waals surface area contributed by atoms with Crippen LogP contribution in [0.3, 0.4) is 0 Å². The third-order valence-corrected chi connectivity index (χ3v) is 4.54. The Kier molecular flexibility index (Phi) is 6.12. The minimum Gasteiger partial charge on any atom is -0.396 e. The largest absolute Gasteiger partial charge is 0.396 e. The minimum atomic E-state index is -0.272. The van der Waals surface area contributed by atoms with Gasteiger partial charge in [0.15, 0.2) is 0 Å². The molecule has 0 bridgehead atoms. The molecule has 2 aromatic rings. The van der Waals surface area contributed by atoms with Gasteiger partial charge < -0.3 is 15.7 Å². The molecule has 0 aliphatic rings. The van der Waals surface area contributed by atoms with Gasteiger partial charge in [-0.1, -0.05) is 6.07 Å². The topological polar surface area (TPSA) is 74.2 Å². The summed E-state index contributed by atoms with van der Waals surface area (Å²) in [6.07, 6.45) is 0.762. The summed E-state index contributed by atoms with van der Waals surface area (Å²) in [6, 6.07) is 5.70. The van der Waals surface area contributed by atoms with Crippen LogP contribution < -0.4 is 10.6 Å². The predicted molar refractivity (Wildman–Crippen MR) is 94.1 cm³/mol. The molecule has 0 radical (unpaired) electrons. The maximum absolute atomic E-state index is 12.1. The van der Waals surface area contributed by atoms with E-state index in [0.29, 0.717) is 6.54 Å². The highest BCUT2D eigenvalue weighted by Crippen LogP contribution is 2.19. The molecule has 0 fully saturated rings. The highest BCUT2D eigenvalue weighted by Gasteiger charge is 2.13. The number of nitrogens with zero attached hydrogens (tertiary/aromatic N) is 1. The standard InChI is InChI=1S/C17H23N3O2S/c1-11-7-12(2)19-13(3)16(11)20-17(22)18-9-14(10-21)8-15-5-4-6-23-15/h4-7,14,21H,8-10H2,1-3H3,(H2,18,20,22)/t14-/m0/s1. The molecule has 0 aliphatic carbocycles. The van der Waals surface area contributed by atoms with Gasteiger partial charge in [0.2, 0.25) is 0 Å². The van der Waals surface area contributed by atoms with Crippen molar-refractivity contribution in [2.45, 2.75) is 27.2 Å². The Bertz CT molecular complexity index is 633. The van der Waals surface area contributed by atoms with Gasteiger partial charge in [-0.15, -0.1) is 11.3 Å². The molecule has 0 spiro atoms. The highest BCUT2D eigenvalue weighted by molar-refractivity contribution is 7.09. The van der Waals surface area contributed by atoms with Crippen LogP contribution in [-0.4, -0.2) is 29.3 Å². The first kappa shape index (κ1) is 17.4. The van der Waals surface area contributed by atoms with Gasteiger partial charge in [-0.05, 0) is 50.3 Å². The number of aliphatic hydroxyl groups is 1. The van der Waals surface area contributed by atoms with Gasteiger partial charge in [0.1, 0.15) is 0 Å². The first-order valence-electron chi connectivity index (χ1n) is 7.62. The normalized spacial score (nSPS) is 12.0. The van der Waals surface area contributed by atoms with Crippen molar-refractivity contribution in [1.82, 2.24) is 10.3 Å². The molecule has 5 nitrogen and oxygen atoms in total. The fourth-order valence-electron chi connectivity index (χ4n) is 2.52. The van der Waals surface area contributed by atoms with Crippen molar-refractivity contribution in [3.8, 4) is 0 Å². The number of carbonyl (C=O) groups is 1. The van der Waals surface area contributed by atoms with E-state index in [9.17, 15) is 9.90 Å². The van der Waals surface area contributed by atoms with E-state index >= 15 is 0 Å². The monoisotopic (exact) mass is 333 g/mol. The lowest BCUT2D eigenvalue weighted by Crippen LogP contribution is -2.35. The Morgan fingerprint density at radius 1 is 1.39 bits per heavy atom. The molecule has 124 valence electrons. The summed E-state index contributed by atoms with van der Waals surface area (Å²) in [5.41, 5.74) is 3.46. The highest BCUT2D eigenvalue weighted by atomic mass is 32.1. The zero-order valence-corrected chi connectivity index (χ0v) is 14.5. The van der Waals surface area contributed by atoms with Gasteiger partial charge >= 0.3 is 6.03 Å². The first-order valence-corrected chi connectivity index (χ1v) is 8.50. The summed E-state index contributed by atoms with van der Waals surface area (Å²) >= 11 is 1.66. The summed E-state index contributed by atoms with van der Waals surface area (Å²) in [6.45, 7) is 6.23. The zero-order chi connectivity index (χ0) is 16.8. The number of hydrogen-bond acceptors (Lipinski definition) is 4. The van der Waals surface area contributed by atoms with E-state index in [1.807, 2.05) is 44.4 Å². The number of thiophene rings is 1. The second kappa shape index (κ2) is 8.08. The summed E-state index contributed by atoms with van der Waals surface area (Å²) < 4.78 is 0. The van der Waals surface area contributed by atoms with Crippen molar-refractivity contribution < 1.29 is 9.90 Å². The zero-order valence-electron chi connectivity index (χ0n) is 13.7. The Balaban J connectivity index is 1.89. The Morgan fingerprint density at radius 2 is 2.17 bits per heavy atom. The minimum absolute atomic E-state index is 0.0118. The summed E-state index contributed by atoms with van der Waals surface area (Å²) in [7, 11) is 0. The van der Waals surface area contributed by atoms with Crippen LogP contribution in [0.25, 0.3) is 0 Å². The van der Waals surface area contributed by atoms with E-state index < -0.39 is 0 Å². The van der Waals surface area contributed by atoms with E-state index in [1.54, 1.807) is 11.3 Å². The van der Waals surface area contributed by atoms with Gasteiger partial charge in [0.25, 0.3) is 0 Å². The molecule has 3 N–H and O–H groups in total. The molecule has 6 heteroatoms. The van der Waals surface area contributed by atoms with E-state index in [-0.39, 0.29) is 18.6 Å². The van der Waals surface area contributed by atoms with Crippen LogP contribution in [0.5, 0.6) is 0 Å². The lowest BCUT2D eigenvalue weighted by molar-refractivity contribution is 0.218. The second-order valence-electron chi connectivity index (χ2n) is 5.71. The van der Waals surface area contributed by atoms with Gasteiger partial charge in [-0.3, -0.25) is 4.98 Å². The van der Waals surface area contributed by atoms with Crippen LogP contribution in [-0.2, 0) is 6.42 Å². The van der Waals surface area contributed by atoms with Crippen LogP contribution in [0.2, 0.25) is 0 Å². The van der Waals surface area contributed by atoms with Crippen LogP contribution in [0.15, 0.2) is 23.6 Å². The number of anilines is 1. The number of hydrogen-bond donors (Lipinski definition) is 3. The molecular formula is C17H23N3O2S. The lowest BCUT2D eigenvalue weighted by Gasteiger charge is -2.16. The Morgan fingerprint density at radius 3 is 2.78 bits per heavy atom. The number of carbonyl (C=O) groups excluding carboxylic acids is 1. The van der Waals surface area contributed by atoms with E-state index in [0.717, 1.165) is 29.1 Å². The lowest BCUT2D eigenvalue weighted by atomic mass is 10.1. The van der Waals surface area contributed by atoms with Crippen molar-refractivity contribution in [3.05, 3.63) is 45.4 Å². The number of pyridine rings is 1. The molecule has 2 aromatic heterocycles. The number of aliphatic hydroxyl groups excluding tert-OH is 1. The molecule has 0 saturated heterocycles. The number of nitrogens with one attached hydrogen (secondary N) is 2. The SMILES string of the molecule is Cc1cc(C)c(NC(=O)NC[C@@H](CO)Cc2cccs2)c(C)n1. The maximum Gasteiger partial charge on any atom is 0.319 e. The first-order chi connectivity index (χ1) is 11.0. The van der Waals surface area contributed by atoms with E-state index in [1.165, 1.54) is 4.88 Å². The van der Waals surface area contributed by atoms with Gasteiger partial charge in [-0.25, -0.2) is 4.79 Å². The van der Waals surface area contributed by atoms with Crippen LogP contribution in [0.1, 0.15) is 21.8 Å². The molecule has 2 heterocycles. The second-order valence-corrected chi connectivity index (χ2v) is 6.74. The fourth-order valence-corrected chi connectivity index (χ4v) is 3.34. The Hall–Kier alpha value is -1.92. The number of amides is 2. The van der Waals surface area contributed by atoms with Gasteiger partial charge in [0, 0.05) is 29.6 Å². The molecule has 0 aromatic carbocycles. The third kappa shape index (κ3) is 5.04. The predicted octanol–water partition coefficient (Wildman–Crippen LogP) is 3.04. The van der Waals surface area contributed by atoms with Crippen LogP contribution in [0.4, 0.5) is 10.5 Å². The summed E-state index contributed by atoms with van der Waals surface area (Å²) in [5, 5.41) is 17.2. The van der Waals surface area contributed by atoms with Crippen LogP contribution >= 0.6 is 11.3 Å². The molecule has 23 heavy (non-hydrogen) atoms. The summed E-state index contributed by atoms with van der Waals surface area (Å²) in [5.74, 6) is 0.0118. The number of aromatic nitrogens is 1. The third-order valence-electron chi connectivity index (χ3n) is 3.64. The van der Waals surface area contributed by atoms with E-state index in [2.05, 4.69) is 15.6 Å². The van der Waals surface area contributed by atoms with Crippen molar-refractivity contribution in [3.63, 3.8) is 0 Å². The molecule has 2 amide bonds. The number of urea groups is 1.